The van der Waals surface area contributed by atoms with Gasteiger partial charge in [-0.15, -0.1) is 0 Å². The topological polar surface area (TPSA) is 24.5 Å². The van der Waals surface area contributed by atoms with Crippen molar-refractivity contribution in [3.63, 3.8) is 0 Å². The molecule has 0 saturated heterocycles. The van der Waals surface area contributed by atoms with Gasteiger partial charge in [0.05, 0.1) is 6.61 Å². The number of rotatable bonds is 9. The number of para-hydroxylation sites is 1. The number of ether oxygens (including phenoxy) is 1. The Morgan fingerprint density at radius 3 is 2.50 bits per heavy atom. The molecule has 0 fully saturated rings. The Labute approximate surface area is 124 Å². The molecule has 1 atom stereocenters. The summed E-state index contributed by atoms with van der Waals surface area (Å²) in [7, 11) is 2.18. The van der Waals surface area contributed by atoms with Gasteiger partial charge in [-0.1, -0.05) is 25.1 Å². The van der Waals surface area contributed by atoms with E-state index in [0.29, 0.717) is 18.7 Å². The second-order valence-corrected chi connectivity index (χ2v) is 5.51. The van der Waals surface area contributed by atoms with Crippen LogP contribution in [0.3, 0.4) is 0 Å². The van der Waals surface area contributed by atoms with E-state index >= 15 is 0 Å². The minimum Gasteiger partial charge on any atom is -0.494 e. The van der Waals surface area contributed by atoms with Gasteiger partial charge < -0.3 is 15.0 Å². The molecule has 0 radical (unpaired) electrons. The van der Waals surface area contributed by atoms with Crippen molar-refractivity contribution in [3.8, 4) is 5.75 Å². The van der Waals surface area contributed by atoms with E-state index in [4.69, 9.17) is 4.74 Å². The van der Waals surface area contributed by atoms with E-state index in [1.165, 1.54) is 5.56 Å². The maximum atomic E-state index is 5.78. The van der Waals surface area contributed by atoms with E-state index in [-0.39, 0.29) is 0 Å². The van der Waals surface area contributed by atoms with Crippen LogP contribution in [0, 0.1) is 0 Å². The lowest BCUT2D eigenvalue weighted by molar-refractivity contribution is 0.238. The van der Waals surface area contributed by atoms with E-state index in [1.807, 2.05) is 13.0 Å². The van der Waals surface area contributed by atoms with Gasteiger partial charge in [-0.25, -0.2) is 0 Å². The SMILES string of the molecule is CCCNC(CN(C)C(C)C)c1ccccc1OCC. The van der Waals surface area contributed by atoms with Gasteiger partial charge in [0, 0.05) is 24.2 Å². The maximum Gasteiger partial charge on any atom is 0.124 e. The third-order valence-electron chi connectivity index (χ3n) is 3.59. The number of nitrogens with one attached hydrogen (secondary N) is 1. The fraction of sp³-hybridized carbons (Fsp3) is 0.647. The maximum absolute atomic E-state index is 5.78. The van der Waals surface area contributed by atoms with Crippen molar-refractivity contribution in [2.24, 2.45) is 0 Å². The predicted octanol–water partition coefficient (Wildman–Crippen LogP) is 3.47. The molecule has 1 unspecified atom stereocenters. The van der Waals surface area contributed by atoms with Crippen molar-refractivity contribution < 1.29 is 4.74 Å². The molecule has 1 aromatic carbocycles. The summed E-state index contributed by atoms with van der Waals surface area (Å²) in [6, 6.07) is 9.22. The Balaban J connectivity index is 2.91. The van der Waals surface area contributed by atoms with Gasteiger partial charge in [0.2, 0.25) is 0 Å². The number of likely N-dealkylation sites (N-methyl/N-ethyl adjacent to an activating group) is 1. The van der Waals surface area contributed by atoms with E-state index in [9.17, 15) is 0 Å². The van der Waals surface area contributed by atoms with E-state index in [1.54, 1.807) is 0 Å². The molecule has 0 spiro atoms. The summed E-state index contributed by atoms with van der Waals surface area (Å²) in [5.74, 6) is 1.00. The van der Waals surface area contributed by atoms with Gasteiger partial charge >= 0.3 is 0 Å². The summed E-state index contributed by atoms with van der Waals surface area (Å²) >= 11 is 0. The first-order valence-corrected chi connectivity index (χ1v) is 7.75. The fourth-order valence-electron chi connectivity index (χ4n) is 2.15. The van der Waals surface area contributed by atoms with E-state index < -0.39 is 0 Å². The van der Waals surface area contributed by atoms with Crippen LogP contribution in [0.5, 0.6) is 5.75 Å². The zero-order valence-electron chi connectivity index (χ0n) is 13.6. The average Bonchev–Trinajstić information content (AvgIpc) is 2.44. The highest BCUT2D eigenvalue weighted by atomic mass is 16.5. The van der Waals surface area contributed by atoms with E-state index in [0.717, 1.165) is 25.3 Å². The molecule has 3 nitrogen and oxygen atoms in total. The van der Waals surface area contributed by atoms with Gasteiger partial charge in [0.1, 0.15) is 5.75 Å². The number of nitrogens with zero attached hydrogens (tertiary/aromatic N) is 1. The van der Waals surface area contributed by atoms with Crippen LogP contribution in [0.25, 0.3) is 0 Å². The molecule has 0 aliphatic rings. The summed E-state index contributed by atoms with van der Waals surface area (Å²) in [5.41, 5.74) is 1.26. The summed E-state index contributed by atoms with van der Waals surface area (Å²) in [4.78, 5) is 2.37. The number of hydrogen-bond donors (Lipinski definition) is 1. The van der Waals surface area contributed by atoms with Gasteiger partial charge in [0.15, 0.2) is 0 Å². The lowest BCUT2D eigenvalue weighted by Gasteiger charge is -2.29. The van der Waals surface area contributed by atoms with E-state index in [2.05, 4.69) is 56.2 Å². The molecule has 0 aliphatic carbocycles. The van der Waals surface area contributed by atoms with Crippen LogP contribution in [0.2, 0.25) is 0 Å². The Bertz CT molecular complexity index is 379. The van der Waals surface area contributed by atoms with Crippen LogP contribution < -0.4 is 10.1 Å². The van der Waals surface area contributed by atoms with Crippen molar-refractivity contribution in [2.75, 3.05) is 26.7 Å². The molecule has 1 aromatic rings. The number of benzene rings is 1. The Hall–Kier alpha value is -1.06. The minimum atomic E-state index is 0.310. The van der Waals surface area contributed by atoms with Crippen LogP contribution in [-0.2, 0) is 0 Å². The summed E-state index contributed by atoms with van der Waals surface area (Å²) in [5, 5.41) is 3.65. The van der Waals surface area contributed by atoms with Crippen molar-refractivity contribution in [1.82, 2.24) is 10.2 Å². The summed E-state index contributed by atoms with van der Waals surface area (Å²) in [6.45, 7) is 11.4. The molecule has 0 heterocycles. The lowest BCUT2D eigenvalue weighted by atomic mass is 10.0. The average molecular weight is 278 g/mol. The van der Waals surface area contributed by atoms with Crippen molar-refractivity contribution >= 4 is 0 Å². The molecule has 1 N–H and O–H groups in total. The lowest BCUT2D eigenvalue weighted by Crippen LogP contribution is -2.37. The first-order valence-electron chi connectivity index (χ1n) is 7.75. The van der Waals surface area contributed by atoms with Crippen LogP contribution in [0.15, 0.2) is 24.3 Å². The summed E-state index contributed by atoms with van der Waals surface area (Å²) < 4.78 is 5.78. The number of hydrogen-bond acceptors (Lipinski definition) is 3. The first-order chi connectivity index (χ1) is 9.60. The predicted molar refractivity (Wildman–Crippen MR) is 86.4 cm³/mol. The van der Waals surface area contributed by atoms with Gasteiger partial charge in [0.25, 0.3) is 0 Å². The molecular formula is C17H30N2O. The molecule has 0 bridgehead atoms. The van der Waals surface area contributed by atoms with Crippen molar-refractivity contribution in [2.45, 2.75) is 46.2 Å². The molecule has 0 saturated carbocycles. The highest BCUT2D eigenvalue weighted by Gasteiger charge is 2.18. The molecule has 114 valence electrons. The Morgan fingerprint density at radius 2 is 1.90 bits per heavy atom. The smallest absolute Gasteiger partial charge is 0.124 e. The van der Waals surface area contributed by atoms with Gasteiger partial charge in [-0.3, -0.25) is 0 Å². The Kier molecular flexibility index (Phi) is 7.63. The Morgan fingerprint density at radius 1 is 1.20 bits per heavy atom. The highest BCUT2D eigenvalue weighted by Crippen LogP contribution is 2.26. The second kappa shape index (κ2) is 8.98. The molecule has 0 aliphatic heterocycles. The second-order valence-electron chi connectivity index (χ2n) is 5.51. The highest BCUT2D eigenvalue weighted by molar-refractivity contribution is 5.36. The fourth-order valence-corrected chi connectivity index (χ4v) is 2.15. The monoisotopic (exact) mass is 278 g/mol. The van der Waals surface area contributed by atoms with Gasteiger partial charge in [-0.05, 0) is 46.9 Å². The molecular weight excluding hydrogens is 248 g/mol. The normalized spacial score (nSPS) is 12.9. The largest absolute Gasteiger partial charge is 0.494 e. The van der Waals surface area contributed by atoms with Crippen molar-refractivity contribution in [3.05, 3.63) is 29.8 Å². The molecule has 3 heteroatoms. The minimum absolute atomic E-state index is 0.310. The zero-order chi connectivity index (χ0) is 15.0. The summed E-state index contributed by atoms with van der Waals surface area (Å²) in [6.07, 6.45) is 1.14. The standard InChI is InChI=1S/C17H30N2O/c1-6-12-18-16(13-19(5)14(3)4)15-10-8-9-11-17(15)20-7-2/h8-11,14,16,18H,6-7,12-13H2,1-5H3. The molecule has 1 rings (SSSR count). The van der Waals surface area contributed by atoms with Crippen LogP contribution >= 0.6 is 0 Å². The van der Waals surface area contributed by atoms with Crippen LogP contribution in [-0.4, -0.2) is 37.7 Å². The van der Waals surface area contributed by atoms with Gasteiger partial charge in [-0.2, -0.15) is 0 Å². The first kappa shape index (κ1) is 17.0. The van der Waals surface area contributed by atoms with Crippen LogP contribution in [0.4, 0.5) is 0 Å². The quantitative estimate of drug-likeness (QED) is 0.748. The molecule has 20 heavy (non-hydrogen) atoms. The van der Waals surface area contributed by atoms with Crippen LogP contribution in [0.1, 0.15) is 45.7 Å². The zero-order valence-corrected chi connectivity index (χ0v) is 13.6. The third-order valence-corrected chi connectivity index (χ3v) is 3.59. The van der Waals surface area contributed by atoms with Crippen molar-refractivity contribution in [1.29, 1.82) is 0 Å². The third kappa shape index (κ3) is 5.14. The molecule has 0 aromatic heterocycles. The molecule has 0 amide bonds.